The van der Waals surface area contributed by atoms with Crippen molar-refractivity contribution in [3.63, 3.8) is 0 Å². The summed E-state index contributed by atoms with van der Waals surface area (Å²) in [5.41, 5.74) is 6.49. The molecule has 33 heavy (non-hydrogen) atoms. The number of benzene rings is 2. The van der Waals surface area contributed by atoms with E-state index in [9.17, 15) is 0 Å². The zero-order valence-electron chi connectivity index (χ0n) is 19.5. The summed E-state index contributed by atoms with van der Waals surface area (Å²) in [7, 11) is 0. The lowest BCUT2D eigenvalue weighted by molar-refractivity contribution is 0.200. The fourth-order valence-electron chi connectivity index (χ4n) is 4.64. The fourth-order valence-corrected chi connectivity index (χ4v) is 4.64. The maximum atomic E-state index is 5.56. The van der Waals surface area contributed by atoms with Crippen LogP contribution in [0.2, 0.25) is 0 Å². The summed E-state index contributed by atoms with van der Waals surface area (Å²) in [5.74, 6) is 1.68. The van der Waals surface area contributed by atoms with Crippen molar-refractivity contribution in [1.82, 2.24) is 25.1 Å². The molecular weight excluding hydrogens is 412 g/mol. The number of nitrogens with zero attached hydrogens (tertiary/aromatic N) is 6. The Bertz CT molecular complexity index is 1190. The highest BCUT2D eigenvalue weighted by atomic mass is 16.3. The van der Waals surface area contributed by atoms with Crippen LogP contribution >= 0.6 is 0 Å². The molecule has 2 aromatic carbocycles. The summed E-state index contributed by atoms with van der Waals surface area (Å²) in [6, 6.07) is 19.1. The molecule has 0 N–H and O–H groups in total. The third-order valence-corrected chi connectivity index (χ3v) is 6.68. The quantitative estimate of drug-likeness (QED) is 0.447. The van der Waals surface area contributed by atoms with Gasteiger partial charge in [-0.15, -0.1) is 5.10 Å². The van der Waals surface area contributed by atoms with Crippen LogP contribution in [-0.2, 0) is 6.54 Å². The number of aromatic nitrogens is 4. The second-order valence-electron chi connectivity index (χ2n) is 8.83. The maximum Gasteiger partial charge on any atom is 0.173 e. The highest BCUT2D eigenvalue weighted by Crippen LogP contribution is 2.31. The second-order valence-corrected chi connectivity index (χ2v) is 8.83. The number of rotatable bonds is 6. The highest BCUT2D eigenvalue weighted by Gasteiger charge is 2.31. The third kappa shape index (κ3) is 4.41. The van der Waals surface area contributed by atoms with E-state index in [0.717, 1.165) is 37.8 Å². The zero-order chi connectivity index (χ0) is 22.8. The summed E-state index contributed by atoms with van der Waals surface area (Å²) >= 11 is 0. The zero-order valence-corrected chi connectivity index (χ0v) is 19.5. The molecule has 3 heterocycles. The lowest BCUT2D eigenvalue weighted by Crippen LogP contribution is -2.48. The Morgan fingerprint density at radius 3 is 2.42 bits per heavy atom. The van der Waals surface area contributed by atoms with Gasteiger partial charge in [-0.1, -0.05) is 42.0 Å². The lowest BCUT2D eigenvalue weighted by Gasteiger charge is -2.40. The summed E-state index contributed by atoms with van der Waals surface area (Å²) < 4.78 is 7.42. The molecule has 0 spiro atoms. The van der Waals surface area contributed by atoms with Gasteiger partial charge in [0.2, 0.25) is 0 Å². The third-order valence-electron chi connectivity index (χ3n) is 6.68. The van der Waals surface area contributed by atoms with Gasteiger partial charge in [-0.05, 0) is 66.1 Å². The van der Waals surface area contributed by atoms with Crippen LogP contribution < -0.4 is 4.90 Å². The Hall–Kier alpha value is -3.45. The molecule has 1 aliphatic heterocycles. The smallest absolute Gasteiger partial charge is 0.173 e. The van der Waals surface area contributed by atoms with Gasteiger partial charge in [-0.2, -0.15) is 0 Å². The molecule has 4 aromatic rings. The van der Waals surface area contributed by atoms with E-state index in [2.05, 4.69) is 88.6 Å². The average Bonchev–Trinajstić information content (AvgIpc) is 3.51. The van der Waals surface area contributed by atoms with E-state index in [4.69, 9.17) is 4.42 Å². The Morgan fingerprint density at radius 1 is 0.909 bits per heavy atom. The maximum absolute atomic E-state index is 5.56. The Kier molecular flexibility index (Phi) is 5.96. The first-order valence-electron chi connectivity index (χ1n) is 11.5. The number of tetrazole rings is 1. The van der Waals surface area contributed by atoms with E-state index in [-0.39, 0.29) is 6.04 Å². The molecule has 1 aliphatic rings. The molecule has 0 bridgehead atoms. The molecule has 2 aromatic heterocycles. The van der Waals surface area contributed by atoms with Crippen LogP contribution in [0.4, 0.5) is 5.69 Å². The van der Waals surface area contributed by atoms with Gasteiger partial charge in [-0.3, -0.25) is 4.90 Å². The van der Waals surface area contributed by atoms with Gasteiger partial charge < -0.3 is 9.32 Å². The van der Waals surface area contributed by atoms with Crippen LogP contribution in [0.3, 0.4) is 0 Å². The Balaban J connectivity index is 1.43. The van der Waals surface area contributed by atoms with Crippen molar-refractivity contribution >= 4 is 5.69 Å². The van der Waals surface area contributed by atoms with Gasteiger partial charge in [-0.25, -0.2) is 4.68 Å². The van der Waals surface area contributed by atoms with Crippen molar-refractivity contribution < 1.29 is 4.42 Å². The highest BCUT2D eigenvalue weighted by molar-refractivity contribution is 5.56. The lowest BCUT2D eigenvalue weighted by atomic mass is 10.0. The van der Waals surface area contributed by atoms with Crippen molar-refractivity contribution in [1.29, 1.82) is 0 Å². The van der Waals surface area contributed by atoms with Gasteiger partial charge in [0, 0.05) is 31.9 Å². The first-order chi connectivity index (χ1) is 16.1. The predicted octanol–water partition coefficient (Wildman–Crippen LogP) is 4.15. The normalized spacial score (nSPS) is 15.7. The van der Waals surface area contributed by atoms with E-state index in [1.165, 1.54) is 27.9 Å². The monoisotopic (exact) mass is 442 g/mol. The van der Waals surface area contributed by atoms with E-state index in [1.54, 1.807) is 6.26 Å². The second kappa shape index (κ2) is 9.19. The SMILES string of the molecule is Cc1ccc([C@@H](c2nnnn2Cc2ccco2)N2CCN(c3cccc(C)c3C)CC2)cc1. The van der Waals surface area contributed by atoms with E-state index >= 15 is 0 Å². The van der Waals surface area contributed by atoms with Crippen LogP contribution in [0, 0.1) is 20.8 Å². The van der Waals surface area contributed by atoms with E-state index < -0.39 is 0 Å². The number of piperazine rings is 1. The molecule has 0 saturated carbocycles. The van der Waals surface area contributed by atoms with Gasteiger partial charge in [0.25, 0.3) is 0 Å². The standard InChI is InChI=1S/C26H30N6O/c1-19-9-11-22(12-10-19)25(26-27-28-29-32(26)18-23-7-5-17-33-23)31-15-13-30(14-16-31)24-8-4-6-20(2)21(24)3/h4-12,17,25H,13-16,18H2,1-3H3/t25-/m0/s1. The van der Waals surface area contributed by atoms with Crippen LogP contribution in [-0.4, -0.2) is 51.3 Å². The summed E-state index contributed by atoms with van der Waals surface area (Å²) in [6.45, 7) is 10.8. The molecule has 0 unspecified atom stereocenters. The van der Waals surface area contributed by atoms with Gasteiger partial charge in [0.1, 0.15) is 12.3 Å². The molecule has 7 heteroatoms. The van der Waals surface area contributed by atoms with Crippen molar-refractivity contribution in [2.75, 3.05) is 31.1 Å². The van der Waals surface area contributed by atoms with Gasteiger partial charge >= 0.3 is 0 Å². The molecule has 0 amide bonds. The summed E-state index contributed by atoms with van der Waals surface area (Å²) in [6.07, 6.45) is 1.68. The van der Waals surface area contributed by atoms with Crippen LogP contribution in [0.25, 0.3) is 0 Å². The Morgan fingerprint density at radius 2 is 1.70 bits per heavy atom. The van der Waals surface area contributed by atoms with Gasteiger partial charge in [0.15, 0.2) is 5.82 Å². The topological polar surface area (TPSA) is 63.2 Å². The molecule has 170 valence electrons. The van der Waals surface area contributed by atoms with Crippen molar-refractivity contribution in [2.45, 2.75) is 33.4 Å². The Labute approximate surface area is 194 Å². The minimum Gasteiger partial charge on any atom is -0.467 e. The summed E-state index contributed by atoms with van der Waals surface area (Å²) in [5, 5.41) is 12.8. The largest absolute Gasteiger partial charge is 0.467 e. The molecule has 0 radical (unpaired) electrons. The number of aryl methyl sites for hydroxylation is 2. The van der Waals surface area contributed by atoms with Crippen molar-refractivity contribution in [3.8, 4) is 0 Å². The molecule has 0 aliphatic carbocycles. The molecule has 1 saturated heterocycles. The first kappa shape index (κ1) is 21.4. The van der Waals surface area contributed by atoms with E-state index in [1.807, 2.05) is 16.8 Å². The minimum atomic E-state index is -0.0173. The molecule has 1 fully saturated rings. The number of furan rings is 1. The number of anilines is 1. The molecule has 1 atom stereocenters. The average molecular weight is 443 g/mol. The van der Waals surface area contributed by atoms with Crippen LogP contribution in [0.15, 0.2) is 65.3 Å². The molecule has 7 nitrogen and oxygen atoms in total. The van der Waals surface area contributed by atoms with Gasteiger partial charge in [0.05, 0.1) is 12.3 Å². The summed E-state index contributed by atoms with van der Waals surface area (Å²) in [4.78, 5) is 4.99. The van der Waals surface area contributed by atoms with Crippen molar-refractivity contribution in [3.05, 3.63) is 94.7 Å². The predicted molar refractivity (Wildman–Crippen MR) is 128 cm³/mol. The van der Waals surface area contributed by atoms with E-state index in [0.29, 0.717) is 6.54 Å². The van der Waals surface area contributed by atoms with Crippen molar-refractivity contribution in [2.24, 2.45) is 0 Å². The molecular formula is C26H30N6O. The van der Waals surface area contributed by atoms with Crippen LogP contribution in [0.5, 0.6) is 0 Å². The first-order valence-corrected chi connectivity index (χ1v) is 11.5. The van der Waals surface area contributed by atoms with Crippen LogP contribution in [0.1, 0.15) is 39.9 Å². The number of hydrogen-bond donors (Lipinski definition) is 0. The number of hydrogen-bond acceptors (Lipinski definition) is 6. The minimum absolute atomic E-state index is 0.0173. The fraction of sp³-hybridized carbons (Fsp3) is 0.346. The molecule has 5 rings (SSSR count).